The first-order valence-corrected chi connectivity index (χ1v) is 6.95. The summed E-state index contributed by atoms with van der Waals surface area (Å²) in [4.78, 5) is 0. The SMILES string of the molecule is NCCOCCSCc1c(Cl)cccc1Cl. The molecule has 0 radical (unpaired) electrons. The standard InChI is InChI=1S/C11H15Cl2NOS/c12-10-2-1-3-11(13)9(10)8-16-7-6-15-5-4-14/h1-3H,4-8,14H2. The van der Waals surface area contributed by atoms with E-state index in [1.54, 1.807) is 11.8 Å². The Bertz CT molecular complexity index is 303. The molecule has 0 saturated carbocycles. The van der Waals surface area contributed by atoms with Gasteiger partial charge >= 0.3 is 0 Å². The third-order valence-corrected chi connectivity index (χ3v) is 3.60. The highest BCUT2D eigenvalue weighted by molar-refractivity contribution is 7.98. The van der Waals surface area contributed by atoms with Crippen LogP contribution in [0.1, 0.15) is 5.56 Å². The molecule has 0 saturated heterocycles. The van der Waals surface area contributed by atoms with Crippen LogP contribution < -0.4 is 5.73 Å². The number of thioether (sulfide) groups is 1. The molecule has 0 aliphatic heterocycles. The Kier molecular flexibility index (Phi) is 7.25. The Morgan fingerprint density at radius 2 is 1.88 bits per heavy atom. The summed E-state index contributed by atoms with van der Waals surface area (Å²) in [6.07, 6.45) is 0. The highest BCUT2D eigenvalue weighted by atomic mass is 35.5. The molecule has 0 spiro atoms. The second-order valence-corrected chi connectivity index (χ2v) is 5.07. The number of halogens is 2. The Balaban J connectivity index is 2.26. The van der Waals surface area contributed by atoms with E-state index in [1.165, 1.54) is 0 Å². The number of nitrogens with two attached hydrogens (primary N) is 1. The maximum atomic E-state index is 6.05. The average molecular weight is 280 g/mol. The molecule has 0 heterocycles. The largest absolute Gasteiger partial charge is 0.379 e. The van der Waals surface area contributed by atoms with E-state index >= 15 is 0 Å². The lowest BCUT2D eigenvalue weighted by Gasteiger charge is -2.06. The molecule has 2 nitrogen and oxygen atoms in total. The van der Waals surface area contributed by atoms with Crippen LogP contribution in [-0.2, 0) is 10.5 Å². The zero-order valence-electron chi connectivity index (χ0n) is 8.92. The molecule has 90 valence electrons. The predicted octanol–water partition coefficient (Wildman–Crippen LogP) is 3.20. The van der Waals surface area contributed by atoms with Gasteiger partial charge in [0, 0.05) is 28.1 Å². The van der Waals surface area contributed by atoms with Crippen molar-refractivity contribution in [1.82, 2.24) is 0 Å². The van der Waals surface area contributed by atoms with Crippen molar-refractivity contribution in [2.45, 2.75) is 5.75 Å². The Morgan fingerprint density at radius 1 is 1.19 bits per heavy atom. The van der Waals surface area contributed by atoms with Gasteiger partial charge in [-0.2, -0.15) is 11.8 Å². The van der Waals surface area contributed by atoms with E-state index in [0.717, 1.165) is 27.1 Å². The Hall–Kier alpha value is 0.0700. The van der Waals surface area contributed by atoms with Crippen LogP contribution in [0.15, 0.2) is 18.2 Å². The topological polar surface area (TPSA) is 35.2 Å². The highest BCUT2D eigenvalue weighted by Gasteiger charge is 2.04. The van der Waals surface area contributed by atoms with Crippen molar-refractivity contribution in [2.24, 2.45) is 5.73 Å². The van der Waals surface area contributed by atoms with Crippen LogP contribution >= 0.6 is 35.0 Å². The first kappa shape index (κ1) is 14.1. The van der Waals surface area contributed by atoms with Gasteiger partial charge in [-0.3, -0.25) is 0 Å². The molecule has 0 aliphatic carbocycles. The minimum Gasteiger partial charge on any atom is -0.379 e. The van der Waals surface area contributed by atoms with Crippen molar-refractivity contribution >= 4 is 35.0 Å². The van der Waals surface area contributed by atoms with Crippen molar-refractivity contribution < 1.29 is 4.74 Å². The zero-order valence-corrected chi connectivity index (χ0v) is 11.2. The lowest BCUT2D eigenvalue weighted by atomic mass is 10.2. The van der Waals surface area contributed by atoms with Crippen molar-refractivity contribution in [3.8, 4) is 0 Å². The van der Waals surface area contributed by atoms with Gasteiger partial charge in [-0.1, -0.05) is 29.3 Å². The van der Waals surface area contributed by atoms with Crippen LogP contribution in [0, 0.1) is 0 Å². The van der Waals surface area contributed by atoms with Crippen molar-refractivity contribution in [3.05, 3.63) is 33.8 Å². The summed E-state index contributed by atoms with van der Waals surface area (Å²) in [6, 6.07) is 5.56. The summed E-state index contributed by atoms with van der Waals surface area (Å²) in [5, 5.41) is 1.45. The molecule has 0 aliphatic rings. The zero-order chi connectivity index (χ0) is 11.8. The molecular formula is C11H15Cl2NOS. The fourth-order valence-corrected chi connectivity index (χ4v) is 2.73. The van der Waals surface area contributed by atoms with E-state index in [9.17, 15) is 0 Å². The molecule has 1 rings (SSSR count). The number of hydrogen-bond acceptors (Lipinski definition) is 3. The van der Waals surface area contributed by atoms with E-state index in [-0.39, 0.29) is 0 Å². The molecule has 2 N–H and O–H groups in total. The molecule has 0 amide bonds. The molecule has 0 bridgehead atoms. The molecule has 0 atom stereocenters. The van der Waals surface area contributed by atoms with E-state index in [4.69, 9.17) is 33.7 Å². The fraction of sp³-hybridized carbons (Fsp3) is 0.455. The summed E-state index contributed by atoms with van der Waals surface area (Å²) in [5.41, 5.74) is 6.30. The van der Waals surface area contributed by atoms with E-state index < -0.39 is 0 Å². The minimum absolute atomic E-state index is 0.570. The quantitative estimate of drug-likeness (QED) is 0.779. The number of ether oxygens (including phenoxy) is 1. The van der Waals surface area contributed by atoms with Gasteiger partial charge in [0.1, 0.15) is 0 Å². The Morgan fingerprint density at radius 3 is 2.50 bits per heavy atom. The lowest BCUT2D eigenvalue weighted by molar-refractivity contribution is 0.158. The Labute approximate surface area is 110 Å². The summed E-state index contributed by atoms with van der Waals surface area (Å²) >= 11 is 13.8. The van der Waals surface area contributed by atoms with Crippen molar-refractivity contribution in [1.29, 1.82) is 0 Å². The van der Waals surface area contributed by atoms with Gasteiger partial charge in [-0.25, -0.2) is 0 Å². The normalized spacial score (nSPS) is 10.7. The average Bonchev–Trinajstić information content (AvgIpc) is 2.26. The van der Waals surface area contributed by atoms with Gasteiger partial charge in [0.15, 0.2) is 0 Å². The van der Waals surface area contributed by atoms with Gasteiger partial charge in [0.2, 0.25) is 0 Å². The summed E-state index contributed by atoms with van der Waals surface area (Å²) < 4.78 is 5.27. The molecule has 1 aromatic rings. The first-order chi connectivity index (χ1) is 7.75. The van der Waals surface area contributed by atoms with Crippen LogP contribution in [0.5, 0.6) is 0 Å². The first-order valence-electron chi connectivity index (χ1n) is 5.04. The third-order valence-electron chi connectivity index (χ3n) is 1.94. The third kappa shape index (κ3) is 4.93. The van der Waals surface area contributed by atoms with Gasteiger partial charge in [-0.15, -0.1) is 0 Å². The minimum atomic E-state index is 0.570. The monoisotopic (exact) mass is 279 g/mol. The van der Waals surface area contributed by atoms with Crippen molar-refractivity contribution in [3.63, 3.8) is 0 Å². The molecule has 5 heteroatoms. The molecule has 0 aromatic heterocycles. The maximum Gasteiger partial charge on any atom is 0.0589 e. The van der Waals surface area contributed by atoms with E-state index in [2.05, 4.69) is 0 Å². The van der Waals surface area contributed by atoms with Crippen LogP contribution in [0.25, 0.3) is 0 Å². The predicted molar refractivity (Wildman–Crippen MR) is 72.5 cm³/mol. The van der Waals surface area contributed by atoms with Gasteiger partial charge in [0.25, 0.3) is 0 Å². The molecular weight excluding hydrogens is 265 g/mol. The van der Waals surface area contributed by atoms with Gasteiger partial charge in [-0.05, 0) is 17.7 Å². The van der Waals surface area contributed by atoms with Gasteiger partial charge < -0.3 is 10.5 Å². The highest BCUT2D eigenvalue weighted by Crippen LogP contribution is 2.27. The van der Waals surface area contributed by atoms with Crippen LogP contribution in [0.2, 0.25) is 10.0 Å². The van der Waals surface area contributed by atoms with Crippen LogP contribution in [-0.4, -0.2) is 25.5 Å². The van der Waals surface area contributed by atoms with Crippen LogP contribution in [0.4, 0.5) is 0 Å². The smallest absolute Gasteiger partial charge is 0.0589 e. The van der Waals surface area contributed by atoms with Crippen LogP contribution in [0.3, 0.4) is 0 Å². The van der Waals surface area contributed by atoms with E-state index in [0.29, 0.717) is 19.8 Å². The summed E-state index contributed by atoms with van der Waals surface area (Å²) in [5.74, 6) is 1.73. The molecule has 1 aromatic carbocycles. The summed E-state index contributed by atoms with van der Waals surface area (Å²) in [7, 11) is 0. The molecule has 16 heavy (non-hydrogen) atoms. The number of benzene rings is 1. The number of hydrogen-bond donors (Lipinski definition) is 1. The summed E-state index contributed by atoms with van der Waals surface area (Å²) in [6.45, 7) is 1.90. The second-order valence-electron chi connectivity index (χ2n) is 3.15. The van der Waals surface area contributed by atoms with Gasteiger partial charge in [0.05, 0.1) is 13.2 Å². The molecule has 0 unspecified atom stereocenters. The lowest BCUT2D eigenvalue weighted by Crippen LogP contribution is -2.09. The second kappa shape index (κ2) is 8.20. The fourth-order valence-electron chi connectivity index (χ4n) is 1.15. The molecule has 0 fully saturated rings. The van der Waals surface area contributed by atoms with Crippen molar-refractivity contribution in [2.75, 3.05) is 25.5 Å². The number of rotatable bonds is 7. The maximum absolute atomic E-state index is 6.05. The van der Waals surface area contributed by atoms with E-state index in [1.807, 2.05) is 18.2 Å².